The van der Waals surface area contributed by atoms with Crippen LogP contribution in [0.3, 0.4) is 0 Å². The lowest BCUT2D eigenvalue weighted by Gasteiger charge is -2.24. The highest BCUT2D eigenvalue weighted by Gasteiger charge is 2.07. The van der Waals surface area contributed by atoms with Gasteiger partial charge in [-0.3, -0.25) is 0 Å². The summed E-state index contributed by atoms with van der Waals surface area (Å²) in [5.41, 5.74) is 3.00. The fourth-order valence-electron chi connectivity index (χ4n) is 4.64. The molecular formula is C29H54ClN. The molecular weight excluding hydrogens is 398 g/mol. The molecule has 0 aromatic heterocycles. The molecule has 0 radical (unpaired) electrons. The summed E-state index contributed by atoms with van der Waals surface area (Å²) in [7, 11) is 0. The second kappa shape index (κ2) is 22.5. The van der Waals surface area contributed by atoms with Crippen molar-refractivity contribution in [2.45, 2.75) is 136 Å². The van der Waals surface area contributed by atoms with E-state index < -0.39 is 0 Å². The van der Waals surface area contributed by atoms with E-state index in [0.717, 1.165) is 13.1 Å². The van der Waals surface area contributed by atoms with Gasteiger partial charge in [-0.25, -0.2) is 0 Å². The molecule has 0 bridgehead atoms. The maximum atomic E-state index is 2.49. The number of hydrogen-bond donors (Lipinski definition) is 0. The molecule has 0 saturated heterocycles. The van der Waals surface area contributed by atoms with Crippen molar-refractivity contribution >= 4 is 18.1 Å². The predicted octanol–water partition coefficient (Wildman–Crippen LogP) is 10.1. The van der Waals surface area contributed by atoms with Gasteiger partial charge in [-0.2, -0.15) is 0 Å². The number of nitrogens with zero attached hydrogens (tertiary/aromatic N) is 1. The van der Waals surface area contributed by atoms with Crippen molar-refractivity contribution in [3.05, 3.63) is 29.8 Å². The third kappa shape index (κ3) is 15.7. The number of hydrogen-bond acceptors (Lipinski definition) is 1. The first kappa shape index (κ1) is 30.3. The van der Waals surface area contributed by atoms with E-state index >= 15 is 0 Å². The number of unbranched alkanes of at least 4 members (excludes halogenated alkanes) is 16. The Hall–Kier alpha value is -0.690. The zero-order valence-electron chi connectivity index (χ0n) is 21.3. The molecule has 1 aromatic carbocycles. The minimum absolute atomic E-state index is 0. The van der Waals surface area contributed by atoms with Gasteiger partial charge < -0.3 is 4.90 Å². The Morgan fingerprint density at radius 3 is 1.32 bits per heavy atom. The lowest BCUT2D eigenvalue weighted by atomic mass is 10.0. The van der Waals surface area contributed by atoms with Crippen molar-refractivity contribution in [2.24, 2.45) is 0 Å². The number of halogens is 1. The van der Waals surface area contributed by atoms with Gasteiger partial charge in [0.05, 0.1) is 0 Å². The Labute approximate surface area is 202 Å². The molecule has 0 fully saturated rings. The van der Waals surface area contributed by atoms with Gasteiger partial charge in [0.1, 0.15) is 0 Å². The minimum atomic E-state index is 0. The number of para-hydroxylation sites is 1. The van der Waals surface area contributed by atoms with Crippen LogP contribution in [0.2, 0.25) is 0 Å². The summed E-state index contributed by atoms with van der Waals surface area (Å²) in [6.07, 6.45) is 25.8. The van der Waals surface area contributed by atoms with E-state index in [9.17, 15) is 0 Å². The van der Waals surface area contributed by atoms with Crippen LogP contribution >= 0.6 is 12.4 Å². The van der Waals surface area contributed by atoms with Gasteiger partial charge in [0.25, 0.3) is 0 Å². The van der Waals surface area contributed by atoms with Crippen LogP contribution in [0, 0.1) is 0 Å². The number of anilines is 1. The van der Waals surface area contributed by atoms with Crippen molar-refractivity contribution in [2.75, 3.05) is 18.0 Å². The van der Waals surface area contributed by atoms with Crippen LogP contribution < -0.4 is 4.90 Å². The first-order valence-electron chi connectivity index (χ1n) is 13.7. The van der Waals surface area contributed by atoms with Crippen molar-refractivity contribution in [3.8, 4) is 0 Å². The minimum Gasteiger partial charge on any atom is -0.372 e. The second-order valence-electron chi connectivity index (χ2n) is 9.21. The molecule has 0 amide bonds. The molecule has 1 aromatic rings. The molecule has 31 heavy (non-hydrogen) atoms. The van der Waals surface area contributed by atoms with Gasteiger partial charge in [0, 0.05) is 18.8 Å². The molecule has 0 spiro atoms. The molecule has 0 saturated carbocycles. The summed E-state index contributed by atoms with van der Waals surface area (Å²) in [5.74, 6) is 0. The molecule has 0 heterocycles. The summed E-state index contributed by atoms with van der Waals surface area (Å²) in [6.45, 7) is 9.03. The molecule has 0 atom stereocenters. The molecule has 1 rings (SSSR count). The molecule has 0 aliphatic heterocycles. The van der Waals surface area contributed by atoms with E-state index in [1.165, 1.54) is 121 Å². The maximum absolute atomic E-state index is 2.49. The Morgan fingerprint density at radius 2 is 0.903 bits per heavy atom. The number of aryl methyl sites for hydroxylation is 1. The maximum Gasteiger partial charge on any atom is 0.0398 e. The topological polar surface area (TPSA) is 3.24 Å². The number of benzene rings is 1. The van der Waals surface area contributed by atoms with Crippen LogP contribution in [-0.2, 0) is 6.42 Å². The zero-order chi connectivity index (χ0) is 21.7. The highest BCUT2D eigenvalue weighted by atomic mass is 35.5. The van der Waals surface area contributed by atoms with Crippen molar-refractivity contribution in [1.82, 2.24) is 0 Å². The normalized spacial score (nSPS) is 10.8. The fourth-order valence-corrected chi connectivity index (χ4v) is 4.64. The highest BCUT2D eigenvalue weighted by molar-refractivity contribution is 5.85. The van der Waals surface area contributed by atoms with Crippen LogP contribution in [-0.4, -0.2) is 13.1 Å². The summed E-state index contributed by atoms with van der Waals surface area (Å²) in [5, 5.41) is 0. The van der Waals surface area contributed by atoms with Crippen molar-refractivity contribution in [3.63, 3.8) is 0 Å². The van der Waals surface area contributed by atoms with Crippen molar-refractivity contribution < 1.29 is 0 Å². The van der Waals surface area contributed by atoms with Crippen LogP contribution in [0.15, 0.2) is 24.3 Å². The summed E-state index contributed by atoms with van der Waals surface area (Å²) >= 11 is 0. The molecule has 0 unspecified atom stereocenters. The average molecular weight is 452 g/mol. The third-order valence-electron chi connectivity index (χ3n) is 6.65. The summed E-state index contributed by atoms with van der Waals surface area (Å²) in [6, 6.07) is 9.03. The van der Waals surface area contributed by atoms with Gasteiger partial charge >= 0.3 is 0 Å². The van der Waals surface area contributed by atoms with Crippen LogP contribution in [0.5, 0.6) is 0 Å². The highest BCUT2D eigenvalue weighted by Crippen LogP contribution is 2.22. The Morgan fingerprint density at radius 1 is 0.516 bits per heavy atom. The molecule has 1 nitrogen and oxygen atoms in total. The molecule has 2 heteroatoms. The average Bonchev–Trinajstić information content (AvgIpc) is 2.77. The lowest BCUT2D eigenvalue weighted by Crippen LogP contribution is -2.23. The Bertz CT molecular complexity index is 483. The smallest absolute Gasteiger partial charge is 0.0398 e. The fraction of sp³-hybridized carbons (Fsp3) is 0.793. The lowest BCUT2D eigenvalue weighted by molar-refractivity contribution is 0.527. The molecule has 0 N–H and O–H groups in total. The standard InChI is InChI=1S/C29H53N.ClH/c1-4-7-8-9-10-11-12-13-14-15-16-17-18-19-20-21-22-25-28-26-23-24-27-29(28)30(5-2)6-3;/h23-24,26-27H,4-22,25H2,1-3H3;1H. The van der Waals surface area contributed by atoms with E-state index in [0.29, 0.717) is 0 Å². The zero-order valence-corrected chi connectivity index (χ0v) is 22.1. The van der Waals surface area contributed by atoms with Crippen LogP contribution in [0.4, 0.5) is 5.69 Å². The predicted molar refractivity (Wildman–Crippen MR) is 145 cm³/mol. The van der Waals surface area contributed by atoms with Gasteiger partial charge in [0.2, 0.25) is 0 Å². The SMILES string of the molecule is CCCCCCCCCCCCCCCCCCCc1ccccc1N(CC)CC.Cl. The number of rotatable bonds is 21. The largest absolute Gasteiger partial charge is 0.372 e. The van der Waals surface area contributed by atoms with E-state index in [4.69, 9.17) is 0 Å². The van der Waals surface area contributed by atoms with Crippen LogP contribution in [0.25, 0.3) is 0 Å². The van der Waals surface area contributed by atoms with E-state index in [-0.39, 0.29) is 12.4 Å². The first-order chi connectivity index (χ1) is 14.8. The monoisotopic (exact) mass is 451 g/mol. The molecule has 0 aliphatic rings. The quantitative estimate of drug-likeness (QED) is 0.168. The van der Waals surface area contributed by atoms with Crippen LogP contribution in [0.1, 0.15) is 135 Å². The summed E-state index contributed by atoms with van der Waals surface area (Å²) < 4.78 is 0. The van der Waals surface area contributed by atoms with Gasteiger partial charge in [-0.05, 0) is 38.3 Å². The van der Waals surface area contributed by atoms with Crippen molar-refractivity contribution in [1.29, 1.82) is 0 Å². The molecule has 0 aliphatic carbocycles. The Kier molecular flexibility index (Phi) is 22.0. The van der Waals surface area contributed by atoms with E-state index in [2.05, 4.69) is 49.9 Å². The Balaban J connectivity index is 0.00000900. The van der Waals surface area contributed by atoms with Gasteiger partial charge in [-0.1, -0.05) is 128 Å². The van der Waals surface area contributed by atoms with E-state index in [1.54, 1.807) is 5.56 Å². The molecule has 182 valence electrons. The summed E-state index contributed by atoms with van der Waals surface area (Å²) in [4.78, 5) is 2.49. The third-order valence-corrected chi connectivity index (χ3v) is 6.65. The first-order valence-corrected chi connectivity index (χ1v) is 13.7. The van der Waals surface area contributed by atoms with Gasteiger partial charge in [-0.15, -0.1) is 12.4 Å². The van der Waals surface area contributed by atoms with Gasteiger partial charge in [0.15, 0.2) is 0 Å². The second-order valence-corrected chi connectivity index (χ2v) is 9.21. The van der Waals surface area contributed by atoms with E-state index in [1.807, 2.05) is 0 Å².